The fraction of sp³-hybridized carbons (Fsp3) is 0.381. The molecule has 0 radical (unpaired) electrons. The van der Waals surface area contributed by atoms with Crippen LogP contribution in [0.1, 0.15) is 43.4 Å². The van der Waals surface area contributed by atoms with Gasteiger partial charge in [0, 0.05) is 0 Å². The van der Waals surface area contributed by atoms with Crippen molar-refractivity contribution in [2.75, 3.05) is 7.11 Å². The molecule has 25 heavy (non-hydrogen) atoms. The zero-order valence-electron chi connectivity index (χ0n) is 14.8. The van der Waals surface area contributed by atoms with E-state index < -0.39 is 6.10 Å². The third kappa shape index (κ3) is 4.13. The minimum absolute atomic E-state index is 0.0555. The van der Waals surface area contributed by atoms with E-state index in [1.165, 1.54) is 11.1 Å². The van der Waals surface area contributed by atoms with Gasteiger partial charge in [0.05, 0.1) is 13.2 Å². The summed E-state index contributed by atoms with van der Waals surface area (Å²) >= 11 is 0. The zero-order chi connectivity index (χ0) is 17.6. The number of carbonyl (C=O) groups is 1. The molecule has 0 saturated heterocycles. The van der Waals surface area contributed by atoms with Gasteiger partial charge in [-0.1, -0.05) is 31.2 Å². The summed E-state index contributed by atoms with van der Waals surface area (Å²) in [5.41, 5.74) is 2.57. The molecule has 2 aromatic carbocycles. The van der Waals surface area contributed by atoms with Crippen LogP contribution in [0, 0.1) is 0 Å². The molecule has 1 amide bonds. The number of fused-ring (bicyclic) bond motifs is 1. The number of nitrogens with one attached hydrogen (secondary N) is 1. The molecule has 0 aromatic heterocycles. The fourth-order valence-corrected chi connectivity index (χ4v) is 3.31. The molecule has 0 bridgehead atoms. The van der Waals surface area contributed by atoms with Crippen molar-refractivity contribution in [3.05, 3.63) is 59.7 Å². The number of aryl methyl sites for hydroxylation is 1. The van der Waals surface area contributed by atoms with Gasteiger partial charge in [0.25, 0.3) is 5.91 Å². The summed E-state index contributed by atoms with van der Waals surface area (Å²) in [6, 6.07) is 15.7. The number of carbonyl (C=O) groups excluding carboxylic acids is 1. The molecule has 2 atom stereocenters. The van der Waals surface area contributed by atoms with Crippen molar-refractivity contribution in [3.8, 4) is 11.5 Å². The molecule has 0 heterocycles. The van der Waals surface area contributed by atoms with Crippen molar-refractivity contribution in [3.63, 3.8) is 0 Å². The first-order valence-corrected chi connectivity index (χ1v) is 8.90. The van der Waals surface area contributed by atoms with Crippen LogP contribution in [0.5, 0.6) is 11.5 Å². The second kappa shape index (κ2) is 8.06. The van der Waals surface area contributed by atoms with Crippen LogP contribution < -0.4 is 14.8 Å². The van der Waals surface area contributed by atoms with Crippen LogP contribution in [-0.2, 0) is 11.2 Å². The van der Waals surface area contributed by atoms with Crippen molar-refractivity contribution < 1.29 is 14.3 Å². The smallest absolute Gasteiger partial charge is 0.261 e. The Balaban J connectivity index is 1.66. The average Bonchev–Trinajstić information content (AvgIpc) is 2.66. The highest BCUT2D eigenvalue weighted by atomic mass is 16.5. The number of benzene rings is 2. The molecular formula is C21H25NO3. The van der Waals surface area contributed by atoms with Crippen molar-refractivity contribution in [2.45, 2.75) is 44.8 Å². The fourth-order valence-electron chi connectivity index (χ4n) is 3.31. The van der Waals surface area contributed by atoms with Crippen LogP contribution in [0.3, 0.4) is 0 Å². The van der Waals surface area contributed by atoms with Crippen molar-refractivity contribution in [2.24, 2.45) is 0 Å². The third-order valence-electron chi connectivity index (χ3n) is 4.69. The summed E-state index contributed by atoms with van der Waals surface area (Å²) in [4.78, 5) is 12.7. The number of amides is 1. The molecule has 1 aliphatic rings. The molecule has 4 heteroatoms. The molecular weight excluding hydrogens is 314 g/mol. The summed E-state index contributed by atoms with van der Waals surface area (Å²) in [7, 11) is 1.63. The topological polar surface area (TPSA) is 47.6 Å². The maximum atomic E-state index is 12.7. The van der Waals surface area contributed by atoms with Gasteiger partial charge in [-0.05, 0) is 61.1 Å². The van der Waals surface area contributed by atoms with Gasteiger partial charge in [-0.25, -0.2) is 0 Å². The van der Waals surface area contributed by atoms with Crippen LogP contribution in [0.15, 0.2) is 48.5 Å². The molecule has 3 rings (SSSR count). The number of ether oxygens (including phenoxy) is 2. The van der Waals surface area contributed by atoms with E-state index in [0.29, 0.717) is 12.2 Å². The second-order valence-electron chi connectivity index (χ2n) is 6.34. The molecule has 4 nitrogen and oxygen atoms in total. The first-order chi connectivity index (χ1) is 12.2. The van der Waals surface area contributed by atoms with Gasteiger partial charge in [-0.2, -0.15) is 0 Å². The lowest BCUT2D eigenvalue weighted by Gasteiger charge is -2.28. The Morgan fingerprint density at radius 2 is 1.88 bits per heavy atom. The first kappa shape index (κ1) is 17.3. The van der Waals surface area contributed by atoms with Gasteiger partial charge in [-0.15, -0.1) is 0 Å². The summed E-state index contributed by atoms with van der Waals surface area (Å²) in [5, 5.41) is 3.18. The highest BCUT2D eigenvalue weighted by molar-refractivity contribution is 5.81. The lowest BCUT2D eigenvalue weighted by atomic mass is 9.87. The monoisotopic (exact) mass is 339 g/mol. The van der Waals surface area contributed by atoms with E-state index in [2.05, 4.69) is 23.5 Å². The van der Waals surface area contributed by atoms with E-state index in [1.807, 2.05) is 37.3 Å². The molecule has 0 aliphatic heterocycles. The van der Waals surface area contributed by atoms with Gasteiger partial charge in [0.2, 0.25) is 0 Å². The number of hydrogen-bond donors (Lipinski definition) is 1. The first-order valence-electron chi connectivity index (χ1n) is 8.90. The highest BCUT2D eigenvalue weighted by Crippen LogP contribution is 2.29. The molecule has 0 spiro atoms. The van der Waals surface area contributed by atoms with Gasteiger partial charge < -0.3 is 14.8 Å². The Morgan fingerprint density at radius 1 is 1.16 bits per heavy atom. The minimum atomic E-state index is -0.498. The van der Waals surface area contributed by atoms with Crippen LogP contribution in [0.4, 0.5) is 0 Å². The quantitative estimate of drug-likeness (QED) is 0.864. The highest BCUT2D eigenvalue weighted by Gasteiger charge is 2.25. The maximum absolute atomic E-state index is 12.7. The van der Waals surface area contributed by atoms with Crippen molar-refractivity contribution in [1.29, 1.82) is 0 Å². The number of hydrogen-bond acceptors (Lipinski definition) is 3. The van der Waals surface area contributed by atoms with Crippen LogP contribution in [-0.4, -0.2) is 19.1 Å². The van der Waals surface area contributed by atoms with E-state index in [4.69, 9.17) is 9.47 Å². The normalized spacial score (nSPS) is 17.3. The van der Waals surface area contributed by atoms with Gasteiger partial charge in [0.1, 0.15) is 11.5 Å². The van der Waals surface area contributed by atoms with E-state index in [0.717, 1.165) is 25.0 Å². The van der Waals surface area contributed by atoms with E-state index in [1.54, 1.807) is 7.11 Å². The van der Waals surface area contributed by atoms with E-state index >= 15 is 0 Å². The van der Waals surface area contributed by atoms with Crippen molar-refractivity contribution >= 4 is 5.91 Å². The Morgan fingerprint density at radius 3 is 2.60 bits per heavy atom. The third-order valence-corrected chi connectivity index (χ3v) is 4.69. The van der Waals surface area contributed by atoms with Crippen LogP contribution in [0.2, 0.25) is 0 Å². The zero-order valence-corrected chi connectivity index (χ0v) is 14.8. The summed E-state index contributed by atoms with van der Waals surface area (Å²) in [5.74, 6) is 1.38. The van der Waals surface area contributed by atoms with Crippen molar-refractivity contribution in [1.82, 2.24) is 5.32 Å². The lowest BCUT2D eigenvalue weighted by Crippen LogP contribution is -2.40. The average molecular weight is 339 g/mol. The summed E-state index contributed by atoms with van der Waals surface area (Å²) in [6.45, 7) is 1.96. The molecule has 0 saturated carbocycles. The second-order valence-corrected chi connectivity index (χ2v) is 6.34. The molecule has 0 unspecified atom stereocenters. The Bertz CT molecular complexity index is 711. The summed E-state index contributed by atoms with van der Waals surface area (Å²) < 4.78 is 11.0. The van der Waals surface area contributed by atoms with Gasteiger partial charge >= 0.3 is 0 Å². The molecule has 1 aliphatic carbocycles. The largest absolute Gasteiger partial charge is 0.497 e. The summed E-state index contributed by atoms with van der Waals surface area (Å²) in [6.07, 6.45) is 3.27. The van der Waals surface area contributed by atoms with Gasteiger partial charge in [0.15, 0.2) is 6.10 Å². The lowest BCUT2D eigenvalue weighted by molar-refractivity contribution is -0.129. The minimum Gasteiger partial charge on any atom is -0.497 e. The van der Waals surface area contributed by atoms with E-state index in [-0.39, 0.29) is 11.9 Å². The predicted molar refractivity (Wildman–Crippen MR) is 98.0 cm³/mol. The predicted octanol–water partition coefficient (Wildman–Crippen LogP) is 4.05. The molecule has 0 fully saturated rings. The van der Waals surface area contributed by atoms with Crippen LogP contribution in [0.25, 0.3) is 0 Å². The standard InChI is InChI=1S/C21H25NO3/c1-3-20(25-17-13-11-16(24-2)12-14-17)21(23)22-19-10-6-8-15-7-4-5-9-18(15)19/h4-5,7,9,11-14,19-20H,3,6,8,10H2,1-2H3,(H,22,23)/t19-,20+/m0/s1. The maximum Gasteiger partial charge on any atom is 0.261 e. The van der Waals surface area contributed by atoms with E-state index in [9.17, 15) is 4.79 Å². The number of methoxy groups -OCH3 is 1. The molecule has 132 valence electrons. The van der Waals surface area contributed by atoms with Crippen LogP contribution >= 0.6 is 0 Å². The Labute approximate surface area is 149 Å². The SMILES string of the molecule is CC[C@@H](Oc1ccc(OC)cc1)C(=O)N[C@H]1CCCc2ccccc21. The molecule has 1 N–H and O–H groups in total. The Hall–Kier alpha value is -2.49. The van der Waals surface area contributed by atoms with Gasteiger partial charge in [-0.3, -0.25) is 4.79 Å². The number of rotatable bonds is 6. The molecule has 2 aromatic rings. The Kier molecular flexibility index (Phi) is 5.59.